The minimum Gasteiger partial charge on any atom is -0.274 e. The Hall–Kier alpha value is -0.580. The number of para-hydroxylation sites is 1. The molecule has 2 nitrogen and oxygen atoms in total. The van der Waals surface area contributed by atoms with Crippen LogP contribution in [0.25, 0.3) is 0 Å². The molecule has 1 rings (SSSR count). The summed E-state index contributed by atoms with van der Waals surface area (Å²) in [5, 5.41) is 0. The molecule has 0 aliphatic carbocycles. The maximum atomic E-state index is 11.2. The summed E-state index contributed by atoms with van der Waals surface area (Å²) in [6.45, 7) is 1.86. The van der Waals surface area contributed by atoms with E-state index < -0.39 is 0 Å². The third-order valence-electron chi connectivity index (χ3n) is 1.50. The van der Waals surface area contributed by atoms with Crippen LogP contribution in [0.5, 0.6) is 0 Å². The van der Waals surface area contributed by atoms with Crippen LogP contribution in [-0.2, 0) is 4.79 Å². The number of nitrogens with zero attached hydrogens (tertiary/aromatic N) is 1. The van der Waals surface area contributed by atoms with Crippen LogP contribution >= 0.6 is 22.9 Å². The molecule has 12 heavy (non-hydrogen) atoms. The van der Waals surface area contributed by atoms with Gasteiger partial charge in [0.25, 0.3) is 0 Å². The number of rotatable bonds is 2. The first-order chi connectivity index (χ1) is 5.75. The summed E-state index contributed by atoms with van der Waals surface area (Å²) in [6, 6.07) is 9.61. The van der Waals surface area contributed by atoms with Gasteiger partial charge in [-0.1, -0.05) is 25.1 Å². The zero-order valence-electron chi connectivity index (χ0n) is 6.83. The van der Waals surface area contributed by atoms with Crippen molar-refractivity contribution in [3.63, 3.8) is 0 Å². The van der Waals surface area contributed by atoms with Crippen LogP contribution in [0.15, 0.2) is 30.3 Å². The molecule has 0 aliphatic rings. The summed E-state index contributed by atoms with van der Waals surface area (Å²) >= 11 is 2.02. The lowest BCUT2D eigenvalue weighted by Crippen LogP contribution is -2.17. The number of hydrogen-bond acceptors (Lipinski definition) is 1. The van der Waals surface area contributed by atoms with Crippen molar-refractivity contribution in [3.05, 3.63) is 30.3 Å². The SMILES string of the molecule is CCC(=O)N(I)c1ccccc1. The van der Waals surface area contributed by atoms with Crippen molar-refractivity contribution in [1.29, 1.82) is 0 Å². The molecule has 1 aromatic carbocycles. The highest BCUT2D eigenvalue weighted by atomic mass is 127. The van der Waals surface area contributed by atoms with Gasteiger partial charge >= 0.3 is 0 Å². The number of carbonyl (C=O) groups is 1. The molecule has 0 atom stereocenters. The highest BCUT2D eigenvalue weighted by Gasteiger charge is 2.08. The van der Waals surface area contributed by atoms with Gasteiger partial charge in [-0.25, -0.2) is 0 Å². The monoisotopic (exact) mass is 275 g/mol. The Morgan fingerprint density at radius 3 is 2.50 bits per heavy atom. The van der Waals surface area contributed by atoms with E-state index in [0.717, 1.165) is 5.69 Å². The normalized spacial score (nSPS) is 9.50. The van der Waals surface area contributed by atoms with Crippen molar-refractivity contribution in [2.24, 2.45) is 0 Å². The van der Waals surface area contributed by atoms with E-state index >= 15 is 0 Å². The van der Waals surface area contributed by atoms with E-state index in [4.69, 9.17) is 0 Å². The Kier molecular flexibility index (Phi) is 3.52. The number of benzene rings is 1. The number of halogens is 1. The zero-order valence-corrected chi connectivity index (χ0v) is 8.98. The first-order valence-electron chi connectivity index (χ1n) is 3.79. The second kappa shape index (κ2) is 4.45. The van der Waals surface area contributed by atoms with Gasteiger partial charge in [0.15, 0.2) is 0 Å². The van der Waals surface area contributed by atoms with Crippen molar-refractivity contribution in [1.82, 2.24) is 0 Å². The van der Waals surface area contributed by atoms with E-state index in [1.54, 1.807) is 3.11 Å². The molecule has 0 saturated heterocycles. The Bertz CT molecular complexity index is 260. The van der Waals surface area contributed by atoms with Crippen molar-refractivity contribution < 1.29 is 4.79 Å². The fourth-order valence-corrected chi connectivity index (χ4v) is 1.50. The quantitative estimate of drug-likeness (QED) is 0.600. The molecule has 0 fully saturated rings. The van der Waals surface area contributed by atoms with Gasteiger partial charge in [0, 0.05) is 6.42 Å². The van der Waals surface area contributed by atoms with Gasteiger partial charge < -0.3 is 0 Å². The Morgan fingerprint density at radius 1 is 1.42 bits per heavy atom. The average Bonchev–Trinajstić information content (AvgIpc) is 2.17. The Balaban J connectivity index is 2.78. The Labute approximate surface area is 86.1 Å². The predicted molar refractivity (Wildman–Crippen MR) is 58.2 cm³/mol. The molecule has 0 bridgehead atoms. The van der Waals surface area contributed by atoms with Gasteiger partial charge in [0.2, 0.25) is 5.91 Å². The minimum absolute atomic E-state index is 0.127. The molecule has 3 heteroatoms. The van der Waals surface area contributed by atoms with Crippen LogP contribution in [0.4, 0.5) is 5.69 Å². The van der Waals surface area contributed by atoms with Crippen molar-refractivity contribution in [3.8, 4) is 0 Å². The zero-order chi connectivity index (χ0) is 8.97. The third kappa shape index (κ3) is 2.20. The molecule has 64 valence electrons. The summed E-state index contributed by atoms with van der Waals surface area (Å²) in [6.07, 6.45) is 0.540. The third-order valence-corrected chi connectivity index (χ3v) is 2.60. The van der Waals surface area contributed by atoms with Crippen LogP contribution in [-0.4, -0.2) is 5.91 Å². The van der Waals surface area contributed by atoms with E-state index in [-0.39, 0.29) is 5.91 Å². The molecule has 0 aliphatic heterocycles. The standard InChI is InChI=1S/C9H10INO/c1-2-9(12)11(10)8-6-4-3-5-7-8/h3-7H,2H2,1H3. The van der Waals surface area contributed by atoms with Gasteiger partial charge in [-0.05, 0) is 12.1 Å². The Morgan fingerprint density at radius 2 is 2.00 bits per heavy atom. The van der Waals surface area contributed by atoms with E-state index in [9.17, 15) is 4.79 Å². The van der Waals surface area contributed by atoms with Crippen molar-refractivity contribution in [2.45, 2.75) is 13.3 Å². The molecule has 1 amide bonds. The predicted octanol–water partition coefficient (Wildman–Crippen LogP) is 2.78. The van der Waals surface area contributed by atoms with Gasteiger partial charge in [-0.3, -0.25) is 7.91 Å². The lowest BCUT2D eigenvalue weighted by molar-refractivity contribution is -0.116. The van der Waals surface area contributed by atoms with E-state index in [1.165, 1.54) is 0 Å². The maximum Gasteiger partial charge on any atom is 0.235 e. The van der Waals surface area contributed by atoms with Gasteiger partial charge in [0.1, 0.15) is 0 Å². The van der Waals surface area contributed by atoms with E-state index in [0.29, 0.717) is 6.42 Å². The molecule has 0 aromatic heterocycles. The topological polar surface area (TPSA) is 20.3 Å². The fourth-order valence-electron chi connectivity index (χ4n) is 0.842. The lowest BCUT2D eigenvalue weighted by atomic mass is 10.3. The fraction of sp³-hybridized carbons (Fsp3) is 0.222. The second-order valence-electron chi connectivity index (χ2n) is 2.36. The first kappa shape index (κ1) is 9.51. The molecule has 0 saturated carbocycles. The summed E-state index contributed by atoms with van der Waals surface area (Å²) in [4.78, 5) is 11.2. The number of hydrogen-bond donors (Lipinski definition) is 0. The summed E-state index contributed by atoms with van der Waals surface area (Å²) < 4.78 is 1.64. The van der Waals surface area contributed by atoms with Crippen LogP contribution in [0, 0.1) is 0 Å². The molecular weight excluding hydrogens is 265 g/mol. The van der Waals surface area contributed by atoms with Gasteiger partial charge in [-0.15, -0.1) is 0 Å². The number of carbonyl (C=O) groups excluding carboxylic acids is 1. The highest BCUT2D eigenvalue weighted by molar-refractivity contribution is 14.1. The van der Waals surface area contributed by atoms with Crippen LogP contribution in [0.2, 0.25) is 0 Å². The smallest absolute Gasteiger partial charge is 0.235 e. The summed E-state index contributed by atoms with van der Waals surface area (Å²) in [7, 11) is 0. The maximum absolute atomic E-state index is 11.2. The van der Waals surface area contributed by atoms with Crippen LogP contribution in [0.3, 0.4) is 0 Å². The molecule has 0 N–H and O–H groups in total. The van der Waals surface area contributed by atoms with Crippen molar-refractivity contribution >= 4 is 34.5 Å². The lowest BCUT2D eigenvalue weighted by Gasteiger charge is -2.12. The molecule has 0 unspecified atom stereocenters. The second-order valence-corrected chi connectivity index (χ2v) is 3.33. The largest absolute Gasteiger partial charge is 0.274 e. The van der Waals surface area contributed by atoms with Crippen LogP contribution < -0.4 is 3.11 Å². The number of anilines is 1. The van der Waals surface area contributed by atoms with E-state index in [2.05, 4.69) is 0 Å². The van der Waals surface area contributed by atoms with Crippen molar-refractivity contribution in [2.75, 3.05) is 3.11 Å². The summed E-state index contributed by atoms with van der Waals surface area (Å²) in [5.41, 5.74) is 0.935. The first-order valence-corrected chi connectivity index (χ1v) is 4.76. The van der Waals surface area contributed by atoms with Gasteiger partial charge in [0.05, 0.1) is 28.6 Å². The van der Waals surface area contributed by atoms with E-state index in [1.807, 2.05) is 60.1 Å². The van der Waals surface area contributed by atoms with Gasteiger partial charge in [-0.2, -0.15) is 0 Å². The molecule has 0 heterocycles. The average molecular weight is 275 g/mol. The number of amides is 1. The minimum atomic E-state index is 0.127. The summed E-state index contributed by atoms with van der Waals surface area (Å²) in [5.74, 6) is 0.127. The molecule has 1 aromatic rings. The van der Waals surface area contributed by atoms with Crippen LogP contribution in [0.1, 0.15) is 13.3 Å². The molecular formula is C9H10INO. The molecule has 0 spiro atoms. The highest BCUT2D eigenvalue weighted by Crippen LogP contribution is 2.18. The molecule has 0 radical (unpaired) electrons.